The fourth-order valence-corrected chi connectivity index (χ4v) is 10.7. The summed E-state index contributed by atoms with van der Waals surface area (Å²) in [5.74, 6) is -8.34. The summed E-state index contributed by atoms with van der Waals surface area (Å²) in [5.41, 5.74) is -13.3. The van der Waals surface area contributed by atoms with Gasteiger partial charge in [0.25, 0.3) is 11.2 Å². The molecule has 15 heteroatoms. The van der Waals surface area contributed by atoms with Crippen LogP contribution in [-0.2, 0) is 49.3 Å². The monoisotopic (exact) mass is 780 g/mol. The number of fused-ring (bicyclic) bond motifs is 3. The number of methoxy groups -OCH3 is 2. The van der Waals surface area contributed by atoms with Crippen molar-refractivity contribution in [2.45, 2.75) is 88.1 Å². The van der Waals surface area contributed by atoms with Gasteiger partial charge in [-0.2, -0.15) is 26.3 Å². The third-order valence-electron chi connectivity index (χ3n) is 13.5. The molecule has 0 radical (unpaired) electrons. The van der Waals surface area contributed by atoms with Crippen molar-refractivity contribution in [1.82, 2.24) is 0 Å². The molecule has 4 aliphatic rings. The second kappa shape index (κ2) is 13.5. The Bertz CT molecular complexity index is 1870. The van der Waals surface area contributed by atoms with Crippen molar-refractivity contribution in [3.8, 4) is 0 Å². The first-order valence-electron chi connectivity index (χ1n) is 17.9. The lowest BCUT2D eigenvalue weighted by atomic mass is 9.39. The number of aliphatic carboxylic acids is 1. The van der Waals surface area contributed by atoms with Gasteiger partial charge in [0.2, 0.25) is 0 Å². The first-order chi connectivity index (χ1) is 25.6. The first-order valence-corrected chi connectivity index (χ1v) is 17.9. The number of ether oxygens (including phenoxy) is 4. The maximum absolute atomic E-state index is 15.1. The number of rotatable bonds is 9. The van der Waals surface area contributed by atoms with E-state index in [9.17, 15) is 24.3 Å². The zero-order valence-corrected chi connectivity index (χ0v) is 30.6. The van der Waals surface area contributed by atoms with E-state index in [4.69, 9.17) is 18.9 Å². The van der Waals surface area contributed by atoms with Crippen molar-refractivity contribution in [3.63, 3.8) is 0 Å². The van der Waals surface area contributed by atoms with E-state index in [1.807, 2.05) is 0 Å². The fourth-order valence-electron chi connectivity index (χ4n) is 10.7. The molecule has 9 nitrogen and oxygen atoms in total. The van der Waals surface area contributed by atoms with Gasteiger partial charge in [0.05, 0.1) is 10.8 Å². The summed E-state index contributed by atoms with van der Waals surface area (Å²) in [6, 6.07) is 12.2. The number of Topliss-reactive ketones (excluding diaryl/α,β-unsaturated/α-hetero) is 1. The number of hydrogen-bond acceptors (Lipinski definition) is 8. The van der Waals surface area contributed by atoms with Crippen LogP contribution in [0.5, 0.6) is 0 Å². The van der Waals surface area contributed by atoms with E-state index in [0.29, 0.717) is 20.6 Å². The predicted octanol–water partition coefficient (Wildman–Crippen LogP) is 7.47. The number of carbonyl (C=O) groups is 4. The molecule has 2 bridgehead atoms. The van der Waals surface area contributed by atoms with Crippen LogP contribution >= 0.6 is 0 Å². The normalized spacial score (nSPS) is 34.0. The topological polar surface area (TPSA) is 125 Å². The Morgan fingerprint density at radius 2 is 1.22 bits per heavy atom. The average molecular weight is 781 g/mol. The molecule has 6 rings (SSSR count). The largest absolute Gasteiger partial charge is 0.481 e. The van der Waals surface area contributed by atoms with Crippen LogP contribution in [0.1, 0.15) is 63.5 Å². The molecule has 10 atom stereocenters. The summed E-state index contributed by atoms with van der Waals surface area (Å²) in [4.78, 5) is 56.0. The average Bonchev–Trinajstić information content (AvgIpc) is 3.31. The van der Waals surface area contributed by atoms with E-state index in [1.54, 1.807) is 6.92 Å². The second-order valence-corrected chi connectivity index (χ2v) is 15.6. The lowest BCUT2D eigenvalue weighted by Gasteiger charge is -2.65. The fraction of sp³-hybridized carbons (Fsp3) is 0.550. The maximum atomic E-state index is 15.1. The van der Waals surface area contributed by atoms with Crippen LogP contribution in [0.25, 0.3) is 0 Å². The lowest BCUT2D eigenvalue weighted by Crippen LogP contribution is -2.70. The van der Waals surface area contributed by atoms with E-state index in [2.05, 4.69) is 6.58 Å². The zero-order valence-electron chi connectivity index (χ0n) is 30.6. The summed E-state index contributed by atoms with van der Waals surface area (Å²) in [6.45, 7) is 6.92. The summed E-state index contributed by atoms with van der Waals surface area (Å²) >= 11 is 0. The van der Waals surface area contributed by atoms with Gasteiger partial charge in [-0.15, -0.1) is 0 Å². The number of halogens is 6. The minimum Gasteiger partial charge on any atom is -0.481 e. The molecular weight excluding hydrogens is 738 g/mol. The van der Waals surface area contributed by atoms with Crippen LogP contribution in [0, 0.1) is 34.0 Å². The maximum Gasteiger partial charge on any atom is 0.432 e. The molecule has 0 amide bonds. The standard InChI is InChI=1S/C40H42F6O9/c1-22-23-16-17-26-35(3)27(20-29(36(26,21-23)30(22)47)55-33(51)38(53-5,40(44,45)46)25-14-10-7-11-15-25)34(2,31(48)49)19-18-28(35)54-32(50)37(52-4,39(41,42)43)24-12-8-6-9-13-24/h6-15,23,26-29H,1,16-21H2,2-5H3,(H,48,49)/t23-,26+,27-,28+,29+,34-,35+,36-,37-,38-/m1/s1. The van der Waals surface area contributed by atoms with Gasteiger partial charge in [-0.25, -0.2) is 9.59 Å². The van der Waals surface area contributed by atoms with Gasteiger partial charge in [-0.1, -0.05) is 74.2 Å². The lowest BCUT2D eigenvalue weighted by molar-refractivity contribution is -0.293. The van der Waals surface area contributed by atoms with Gasteiger partial charge in [-0.3, -0.25) is 9.59 Å². The SMILES string of the molecule is C=C1C(=O)[C@]23C[C@H]1CC[C@H]2[C@]1(C)[C@@H](OC(=O)[C@](OC)(c2ccccc2)C(F)(F)F)CC[C@@](C)(C(=O)O)[C@H]1C[C@@H]3OC(=O)[C@](OC)(c1ccccc1)C(F)(F)F. The molecule has 0 saturated heterocycles. The highest BCUT2D eigenvalue weighted by Crippen LogP contribution is 2.72. The number of hydrogen-bond donors (Lipinski definition) is 1. The van der Waals surface area contributed by atoms with Crippen molar-refractivity contribution in [3.05, 3.63) is 83.9 Å². The molecule has 0 aromatic heterocycles. The smallest absolute Gasteiger partial charge is 0.432 e. The molecule has 4 fully saturated rings. The van der Waals surface area contributed by atoms with Crippen molar-refractivity contribution < 1.29 is 69.6 Å². The molecule has 55 heavy (non-hydrogen) atoms. The summed E-state index contributed by atoms with van der Waals surface area (Å²) < 4.78 is 112. The van der Waals surface area contributed by atoms with Crippen molar-refractivity contribution in [2.75, 3.05) is 14.2 Å². The molecule has 2 aromatic rings. The minimum absolute atomic E-state index is 0.0358. The number of allylic oxidation sites excluding steroid dienone is 1. The summed E-state index contributed by atoms with van der Waals surface area (Å²) in [5, 5.41) is 10.7. The van der Waals surface area contributed by atoms with Gasteiger partial charge in [0.15, 0.2) is 5.78 Å². The molecule has 0 unspecified atom stereocenters. The second-order valence-electron chi connectivity index (χ2n) is 15.6. The van der Waals surface area contributed by atoms with E-state index in [-0.39, 0.29) is 31.3 Å². The molecule has 0 heterocycles. The van der Waals surface area contributed by atoms with Crippen LogP contribution in [0.15, 0.2) is 72.8 Å². The molecule has 4 aliphatic carbocycles. The Kier molecular flexibility index (Phi) is 9.89. The van der Waals surface area contributed by atoms with Crippen LogP contribution in [0.4, 0.5) is 26.3 Å². The van der Waals surface area contributed by atoms with E-state index in [0.717, 1.165) is 24.3 Å². The molecular formula is C40H42F6O9. The highest BCUT2D eigenvalue weighted by atomic mass is 19.4. The van der Waals surface area contributed by atoms with E-state index >= 15 is 26.3 Å². The zero-order chi connectivity index (χ0) is 40.6. The van der Waals surface area contributed by atoms with Crippen LogP contribution in [-0.4, -0.2) is 67.6 Å². The number of carboxylic acid groups (broad SMARTS) is 1. The molecule has 1 spiro atoms. The van der Waals surface area contributed by atoms with Crippen molar-refractivity contribution in [2.24, 2.45) is 34.0 Å². The van der Waals surface area contributed by atoms with Crippen LogP contribution in [0.3, 0.4) is 0 Å². The third-order valence-corrected chi connectivity index (χ3v) is 13.5. The first kappa shape index (κ1) is 40.4. The van der Waals surface area contributed by atoms with E-state index < -0.39 is 111 Å². The van der Waals surface area contributed by atoms with Crippen molar-refractivity contribution in [1.29, 1.82) is 0 Å². The number of carbonyl (C=O) groups excluding carboxylic acids is 3. The summed E-state index contributed by atoms with van der Waals surface area (Å²) in [7, 11) is 1.40. The number of benzene rings is 2. The highest BCUT2D eigenvalue weighted by molar-refractivity contribution is 6.04. The number of esters is 2. The van der Waals surface area contributed by atoms with Gasteiger partial charge in [-0.05, 0) is 68.8 Å². The van der Waals surface area contributed by atoms with Gasteiger partial charge in [0.1, 0.15) is 12.2 Å². The van der Waals surface area contributed by atoms with Gasteiger partial charge >= 0.3 is 30.3 Å². The number of ketones is 1. The van der Waals surface area contributed by atoms with Gasteiger partial charge in [0, 0.05) is 30.8 Å². The number of alkyl halides is 6. The van der Waals surface area contributed by atoms with Gasteiger partial charge < -0.3 is 24.1 Å². The quantitative estimate of drug-likeness (QED) is 0.157. The third kappa shape index (κ3) is 5.49. The molecule has 0 aliphatic heterocycles. The van der Waals surface area contributed by atoms with Crippen molar-refractivity contribution >= 4 is 23.7 Å². The molecule has 4 saturated carbocycles. The Morgan fingerprint density at radius 1 is 0.745 bits per heavy atom. The minimum atomic E-state index is -5.37. The Labute approximate surface area is 313 Å². The van der Waals surface area contributed by atoms with Crippen LogP contribution < -0.4 is 0 Å². The molecule has 2 aromatic carbocycles. The number of carboxylic acids is 1. The molecule has 1 N–H and O–H groups in total. The Balaban J connectivity index is 1.50. The summed E-state index contributed by atoms with van der Waals surface area (Å²) in [6.07, 6.45) is -14.4. The highest BCUT2D eigenvalue weighted by Gasteiger charge is 2.76. The Hall–Kier alpha value is -4.24. The van der Waals surface area contributed by atoms with E-state index in [1.165, 1.54) is 43.3 Å². The Morgan fingerprint density at radius 3 is 1.65 bits per heavy atom. The molecule has 298 valence electrons. The van der Waals surface area contributed by atoms with Crippen LogP contribution in [0.2, 0.25) is 0 Å². The predicted molar refractivity (Wildman–Crippen MR) is 181 cm³/mol.